The van der Waals surface area contributed by atoms with E-state index in [1.165, 1.54) is 6.08 Å². The number of hydrogen-bond acceptors (Lipinski definition) is 4. The number of rotatable bonds is 9. The van der Waals surface area contributed by atoms with Crippen molar-refractivity contribution in [2.45, 2.75) is 38.6 Å². The van der Waals surface area contributed by atoms with Crippen molar-refractivity contribution in [3.05, 3.63) is 12.7 Å². The second-order valence-electron chi connectivity index (χ2n) is 5.06. The molecule has 1 aliphatic heterocycles. The third kappa shape index (κ3) is 5.75. The highest BCUT2D eigenvalue weighted by Gasteiger charge is 2.32. The molecule has 1 unspecified atom stereocenters. The van der Waals surface area contributed by atoms with Gasteiger partial charge in [0.1, 0.15) is 12.6 Å². The second kappa shape index (κ2) is 9.81. The summed E-state index contributed by atoms with van der Waals surface area (Å²) in [7, 11) is 0. The summed E-state index contributed by atoms with van der Waals surface area (Å²) in [6.45, 7) is 7.01. The van der Waals surface area contributed by atoms with Gasteiger partial charge in [0.05, 0.1) is 0 Å². The fraction of sp³-hybridized carbons (Fsp3) is 0.667. The molecule has 1 heterocycles. The average Bonchev–Trinajstić information content (AvgIpc) is 2.91. The number of nitrogens with one attached hydrogen (secondary N) is 2. The topological polar surface area (TPSA) is 87.7 Å². The minimum atomic E-state index is -0.508. The molecular formula is C15H25N3O4. The second-order valence-corrected chi connectivity index (χ2v) is 5.06. The van der Waals surface area contributed by atoms with Crippen LogP contribution in [0.2, 0.25) is 0 Å². The molecule has 2 N–H and O–H groups in total. The number of amides is 3. The first-order chi connectivity index (χ1) is 10.6. The molecule has 1 fully saturated rings. The molecule has 0 saturated carbocycles. The van der Waals surface area contributed by atoms with E-state index in [2.05, 4.69) is 17.2 Å². The lowest BCUT2D eigenvalue weighted by atomic mass is 10.1. The van der Waals surface area contributed by atoms with Gasteiger partial charge in [0.2, 0.25) is 11.8 Å². The van der Waals surface area contributed by atoms with Crippen molar-refractivity contribution in [2.75, 3.05) is 26.2 Å². The Labute approximate surface area is 131 Å². The van der Waals surface area contributed by atoms with E-state index in [1.54, 1.807) is 4.90 Å². The first kappa shape index (κ1) is 18.0. The van der Waals surface area contributed by atoms with Gasteiger partial charge in [-0.1, -0.05) is 12.7 Å². The number of nitrogens with zero attached hydrogens (tertiary/aromatic N) is 1. The van der Waals surface area contributed by atoms with Crippen molar-refractivity contribution in [2.24, 2.45) is 0 Å². The monoisotopic (exact) mass is 311 g/mol. The molecule has 0 aromatic carbocycles. The Bertz CT molecular complexity index is 412. The molecule has 22 heavy (non-hydrogen) atoms. The van der Waals surface area contributed by atoms with Crippen LogP contribution in [0.15, 0.2) is 12.7 Å². The van der Waals surface area contributed by atoms with Gasteiger partial charge in [0.25, 0.3) is 0 Å². The predicted molar refractivity (Wildman–Crippen MR) is 82.2 cm³/mol. The van der Waals surface area contributed by atoms with Crippen LogP contribution in [-0.2, 0) is 14.3 Å². The summed E-state index contributed by atoms with van der Waals surface area (Å²) in [6, 6.07) is -0.457. The van der Waals surface area contributed by atoms with Gasteiger partial charge in [-0.05, 0) is 26.2 Å². The zero-order valence-electron chi connectivity index (χ0n) is 13.1. The molecule has 0 aliphatic carbocycles. The van der Waals surface area contributed by atoms with Gasteiger partial charge in [0, 0.05) is 26.1 Å². The lowest BCUT2D eigenvalue weighted by Gasteiger charge is -2.26. The number of likely N-dealkylation sites (N-methyl/N-ethyl adjacent to an activating group) is 1. The van der Waals surface area contributed by atoms with Crippen LogP contribution in [0.25, 0.3) is 0 Å². The van der Waals surface area contributed by atoms with Crippen molar-refractivity contribution < 1.29 is 19.1 Å². The maximum atomic E-state index is 12.1. The standard InChI is InChI=1S/C15H25N3O4/c1-3-11-22-15(21)17-9-5-7-12(14(20)16-4-2)18-10-6-8-13(18)19/h3,12H,1,4-11H2,2H3,(H,16,20)(H,17,21). The van der Waals surface area contributed by atoms with Crippen molar-refractivity contribution in [1.82, 2.24) is 15.5 Å². The van der Waals surface area contributed by atoms with Gasteiger partial charge in [-0.3, -0.25) is 9.59 Å². The summed E-state index contributed by atoms with van der Waals surface area (Å²) in [5.41, 5.74) is 0. The Morgan fingerprint density at radius 1 is 1.45 bits per heavy atom. The molecule has 0 aromatic heterocycles. The molecule has 124 valence electrons. The van der Waals surface area contributed by atoms with E-state index in [1.807, 2.05) is 6.92 Å². The molecule has 0 bridgehead atoms. The molecule has 1 saturated heterocycles. The molecule has 1 atom stereocenters. The van der Waals surface area contributed by atoms with Crippen LogP contribution in [-0.4, -0.2) is 55.1 Å². The Morgan fingerprint density at radius 3 is 2.82 bits per heavy atom. The Balaban J connectivity index is 2.41. The maximum absolute atomic E-state index is 12.1. The summed E-state index contributed by atoms with van der Waals surface area (Å²) in [6.07, 6.45) is 3.38. The van der Waals surface area contributed by atoms with Gasteiger partial charge >= 0.3 is 6.09 Å². The van der Waals surface area contributed by atoms with Gasteiger partial charge in [0.15, 0.2) is 0 Å². The van der Waals surface area contributed by atoms with Crippen molar-refractivity contribution in [1.29, 1.82) is 0 Å². The number of ether oxygens (including phenoxy) is 1. The summed E-state index contributed by atoms with van der Waals surface area (Å²) in [5.74, 6) is -0.110. The fourth-order valence-corrected chi connectivity index (χ4v) is 2.39. The predicted octanol–water partition coefficient (Wildman–Crippen LogP) is 0.806. The summed E-state index contributed by atoms with van der Waals surface area (Å²) >= 11 is 0. The summed E-state index contributed by atoms with van der Waals surface area (Å²) in [5, 5.41) is 5.37. The minimum Gasteiger partial charge on any atom is -0.445 e. The van der Waals surface area contributed by atoms with Crippen molar-refractivity contribution in [3.8, 4) is 0 Å². The largest absolute Gasteiger partial charge is 0.445 e. The molecule has 1 rings (SSSR count). The van der Waals surface area contributed by atoms with Crippen LogP contribution in [0.4, 0.5) is 4.79 Å². The Morgan fingerprint density at radius 2 is 2.23 bits per heavy atom. The molecule has 0 aromatic rings. The number of alkyl carbamates (subject to hydrolysis) is 1. The highest BCUT2D eigenvalue weighted by atomic mass is 16.5. The fourth-order valence-electron chi connectivity index (χ4n) is 2.39. The van der Waals surface area contributed by atoms with Crippen LogP contribution < -0.4 is 10.6 Å². The highest BCUT2D eigenvalue weighted by Crippen LogP contribution is 2.17. The number of hydrogen-bond donors (Lipinski definition) is 2. The molecule has 1 aliphatic rings. The molecule has 0 spiro atoms. The van der Waals surface area contributed by atoms with Crippen LogP contribution >= 0.6 is 0 Å². The first-order valence-corrected chi connectivity index (χ1v) is 7.68. The lowest BCUT2D eigenvalue weighted by molar-refractivity contribution is -0.137. The summed E-state index contributed by atoms with van der Waals surface area (Å²) < 4.78 is 4.79. The van der Waals surface area contributed by atoms with Crippen LogP contribution in [0, 0.1) is 0 Å². The highest BCUT2D eigenvalue weighted by molar-refractivity contribution is 5.88. The first-order valence-electron chi connectivity index (χ1n) is 7.68. The van der Waals surface area contributed by atoms with E-state index in [4.69, 9.17) is 4.74 Å². The molecular weight excluding hydrogens is 286 g/mol. The average molecular weight is 311 g/mol. The number of carbonyl (C=O) groups is 3. The van der Waals surface area contributed by atoms with Crippen LogP contribution in [0.1, 0.15) is 32.6 Å². The molecule has 3 amide bonds. The van der Waals surface area contributed by atoms with Gasteiger partial charge < -0.3 is 20.3 Å². The van der Waals surface area contributed by atoms with E-state index >= 15 is 0 Å². The van der Waals surface area contributed by atoms with Crippen molar-refractivity contribution >= 4 is 17.9 Å². The van der Waals surface area contributed by atoms with Gasteiger partial charge in [-0.2, -0.15) is 0 Å². The van der Waals surface area contributed by atoms with E-state index < -0.39 is 12.1 Å². The molecule has 0 radical (unpaired) electrons. The van der Waals surface area contributed by atoms with E-state index in [-0.39, 0.29) is 18.4 Å². The smallest absolute Gasteiger partial charge is 0.407 e. The Hall–Kier alpha value is -2.05. The molecule has 7 nitrogen and oxygen atoms in total. The van der Waals surface area contributed by atoms with E-state index in [0.29, 0.717) is 38.9 Å². The summed E-state index contributed by atoms with van der Waals surface area (Å²) in [4.78, 5) is 36.9. The SMILES string of the molecule is C=CCOC(=O)NCCCC(C(=O)NCC)N1CCCC1=O. The zero-order chi connectivity index (χ0) is 16.4. The quantitative estimate of drug-likeness (QED) is 0.487. The maximum Gasteiger partial charge on any atom is 0.407 e. The van der Waals surface area contributed by atoms with Crippen molar-refractivity contribution in [3.63, 3.8) is 0 Å². The van der Waals surface area contributed by atoms with Crippen LogP contribution in [0.5, 0.6) is 0 Å². The third-order valence-electron chi connectivity index (χ3n) is 3.40. The zero-order valence-corrected chi connectivity index (χ0v) is 13.1. The number of carbonyl (C=O) groups excluding carboxylic acids is 3. The Kier molecular flexibility index (Phi) is 8.03. The minimum absolute atomic E-state index is 0.0228. The normalized spacial score (nSPS) is 15.3. The van der Waals surface area contributed by atoms with Gasteiger partial charge in [-0.15, -0.1) is 0 Å². The van der Waals surface area contributed by atoms with Gasteiger partial charge in [-0.25, -0.2) is 4.79 Å². The number of likely N-dealkylation sites (tertiary alicyclic amines) is 1. The molecule has 7 heteroatoms. The van der Waals surface area contributed by atoms with E-state index in [0.717, 1.165) is 6.42 Å². The van der Waals surface area contributed by atoms with Crippen LogP contribution in [0.3, 0.4) is 0 Å². The van der Waals surface area contributed by atoms with E-state index in [9.17, 15) is 14.4 Å². The third-order valence-corrected chi connectivity index (χ3v) is 3.40. The lowest BCUT2D eigenvalue weighted by Crippen LogP contribution is -2.47.